The van der Waals surface area contributed by atoms with E-state index in [0.29, 0.717) is 5.69 Å². The third-order valence-electron chi connectivity index (χ3n) is 16.6. The van der Waals surface area contributed by atoms with Crippen LogP contribution in [0.3, 0.4) is 0 Å². The average molecular weight is 932 g/mol. The second-order valence-corrected chi connectivity index (χ2v) is 25.0. The molecule has 4 heterocycles. The number of thiophene rings is 1. The Hall–Kier alpha value is -5.78. The Morgan fingerprint density at radius 3 is 1.78 bits per heavy atom. The third kappa shape index (κ3) is 6.37. The van der Waals surface area contributed by atoms with Crippen molar-refractivity contribution in [3.05, 3.63) is 161 Å². The van der Waals surface area contributed by atoms with Crippen molar-refractivity contribution < 1.29 is 13.7 Å². The molecule has 3 nitrogen and oxygen atoms in total. The molecular formula is C64H68BN3S. The molecule has 12 rings (SSSR count). The summed E-state index contributed by atoms with van der Waals surface area (Å²) in [5.41, 5.74) is 13.8. The topological polar surface area (TPSA) is 9.72 Å². The second kappa shape index (κ2) is 14.9. The van der Waals surface area contributed by atoms with Crippen molar-refractivity contribution in [1.82, 2.24) is 0 Å². The van der Waals surface area contributed by atoms with E-state index < -0.39 is 66.0 Å². The fraction of sp³-hybridized carbons (Fsp3) is 0.344. The Morgan fingerprint density at radius 2 is 1.16 bits per heavy atom. The van der Waals surface area contributed by atoms with Gasteiger partial charge < -0.3 is 14.7 Å². The SMILES string of the molecule is [2H]c1c([2H])c([2H])c(N(c2cc3c4c(c2)N2c5c(cc(C(C)(C)C)cc5C5(C)CCCCC25C)B4c2ccc4c(sc5cc(C(C)(C)C)ccc54)c2N3c2c(C)cc(C(C)(C)C)cc2C)c2c([2H])c([2H])c([2H])c([2H])c2[2H])c([2H])c1[2H]. The summed E-state index contributed by atoms with van der Waals surface area (Å²) >= 11 is 1.79. The number of benzene rings is 7. The molecule has 8 aromatic rings. The number of para-hydroxylation sites is 2. The van der Waals surface area contributed by atoms with Crippen molar-refractivity contribution in [1.29, 1.82) is 0 Å². The first-order valence-electron chi connectivity index (χ1n) is 29.9. The summed E-state index contributed by atoms with van der Waals surface area (Å²) in [5.74, 6) is 0. The van der Waals surface area contributed by atoms with Gasteiger partial charge in [0.05, 0.1) is 41.0 Å². The second-order valence-electron chi connectivity index (χ2n) is 24.0. The lowest BCUT2D eigenvalue weighted by Crippen LogP contribution is -2.64. The van der Waals surface area contributed by atoms with E-state index in [1.807, 2.05) is 12.1 Å². The van der Waals surface area contributed by atoms with Crippen LogP contribution in [0.5, 0.6) is 0 Å². The molecule has 69 heavy (non-hydrogen) atoms. The van der Waals surface area contributed by atoms with E-state index in [2.05, 4.69) is 154 Å². The van der Waals surface area contributed by atoms with E-state index in [4.69, 9.17) is 8.22 Å². The van der Waals surface area contributed by atoms with Crippen molar-refractivity contribution in [3.8, 4) is 0 Å². The summed E-state index contributed by atoms with van der Waals surface area (Å²) < 4.78 is 94.5. The molecule has 5 heteroatoms. The first kappa shape index (κ1) is 34.5. The minimum absolute atomic E-state index is 0.0894. The number of rotatable bonds is 4. The van der Waals surface area contributed by atoms with E-state index in [1.165, 1.54) is 37.3 Å². The molecule has 2 unspecified atom stereocenters. The van der Waals surface area contributed by atoms with E-state index in [0.717, 1.165) is 91.6 Å². The molecule has 1 aromatic heterocycles. The average Bonchev–Trinajstić information content (AvgIpc) is 2.55. The predicted molar refractivity (Wildman–Crippen MR) is 302 cm³/mol. The highest BCUT2D eigenvalue weighted by Crippen LogP contribution is 2.63. The molecule has 0 bridgehead atoms. The molecule has 0 radical (unpaired) electrons. The smallest absolute Gasteiger partial charge is 0.252 e. The van der Waals surface area contributed by atoms with Gasteiger partial charge >= 0.3 is 0 Å². The Morgan fingerprint density at radius 1 is 0.580 bits per heavy atom. The van der Waals surface area contributed by atoms with Gasteiger partial charge in [0.15, 0.2) is 0 Å². The molecule has 1 saturated carbocycles. The van der Waals surface area contributed by atoms with Crippen LogP contribution in [0.25, 0.3) is 20.2 Å². The zero-order valence-electron chi connectivity index (χ0n) is 52.5. The van der Waals surface area contributed by atoms with Gasteiger partial charge in [-0.2, -0.15) is 0 Å². The van der Waals surface area contributed by atoms with Crippen molar-refractivity contribution in [3.63, 3.8) is 0 Å². The van der Waals surface area contributed by atoms with Crippen molar-refractivity contribution in [2.75, 3.05) is 14.7 Å². The Kier molecular flexibility index (Phi) is 7.44. The van der Waals surface area contributed by atoms with Gasteiger partial charge in [0.25, 0.3) is 6.71 Å². The zero-order valence-corrected chi connectivity index (χ0v) is 43.3. The van der Waals surface area contributed by atoms with E-state index in [1.54, 1.807) is 11.3 Å². The van der Waals surface area contributed by atoms with Gasteiger partial charge in [0.1, 0.15) is 0 Å². The van der Waals surface area contributed by atoms with Gasteiger partial charge in [0.2, 0.25) is 0 Å². The molecule has 1 aliphatic carbocycles. The Balaban J connectivity index is 1.32. The number of nitrogens with zero attached hydrogens (tertiary/aromatic N) is 3. The lowest BCUT2D eigenvalue weighted by molar-refractivity contribution is 0.195. The molecule has 0 N–H and O–H groups in total. The molecular weight excluding hydrogens is 854 g/mol. The summed E-state index contributed by atoms with van der Waals surface area (Å²) in [6.07, 6.45) is 3.92. The highest BCUT2D eigenvalue weighted by molar-refractivity contribution is 7.26. The molecule has 2 atom stereocenters. The Bertz CT molecular complexity index is 3880. The molecule has 348 valence electrons. The van der Waals surface area contributed by atoms with Crippen LogP contribution in [0.2, 0.25) is 0 Å². The van der Waals surface area contributed by atoms with Crippen LogP contribution >= 0.6 is 11.3 Å². The number of fused-ring (bicyclic) bond motifs is 11. The molecule has 4 aliphatic rings. The minimum Gasteiger partial charge on any atom is -0.335 e. The molecule has 7 aromatic carbocycles. The highest BCUT2D eigenvalue weighted by atomic mass is 32.1. The van der Waals surface area contributed by atoms with E-state index >= 15 is 0 Å². The summed E-state index contributed by atoms with van der Waals surface area (Å²) in [4.78, 5) is 6.36. The molecule has 3 aliphatic heterocycles. The Labute approximate surface area is 430 Å². The van der Waals surface area contributed by atoms with Crippen molar-refractivity contribution in [2.24, 2.45) is 0 Å². The molecule has 0 spiro atoms. The van der Waals surface area contributed by atoms with E-state index in [9.17, 15) is 5.48 Å². The third-order valence-corrected chi connectivity index (χ3v) is 17.8. The predicted octanol–water partition coefficient (Wildman–Crippen LogP) is 16.4. The largest absolute Gasteiger partial charge is 0.335 e. The van der Waals surface area contributed by atoms with Crippen LogP contribution < -0.4 is 31.1 Å². The molecule has 0 amide bonds. The molecule has 1 fully saturated rings. The zero-order chi connectivity index (χ0) is 57.0. The van der Waals surface area contributed by atoms with Gasteiger partial charge in [-0.25, -0.2) is 0 Å². The lowest BCUT2D eigenvalue weighted by Gasteiger charge is -2.53. The van der Waals surface area contributed by atoms with Crippen molar-refractivity contribution in [2.45, 2.75) is 143 Å². The highest BCUT2D eigenvalue weighted by Gasteiger charge is 2.62. The maximum absolute atomic E-state index is 9.62. The minimum atomic E-state index is -0.603. The number of anilines is 8. The maximum atomic E-state index is 9.62. The van der Waals surface area contributed by atoms with Gasteiger partial charge in [-0.3, -0.25) is 0 Å². The summed E-state index contributed by atoms with van der Waals surface area (Å²) in [7, 11) is 0. The van der Waals surface area contributed by atoms with Gasteiger partial charge in [-0.15, -0.1) is 11.3 Å². The van der Waals surface area contributed by atoms with Crippen LogP contribution in [0.4, 0.5) is 45.5 Å². The van der Waals surface area contributed by atoms with Gasteiger partial charge in [0, 0.05) is 49.3 Å². The molecule has 0 saturated heterocycles. The van der Waals surface area contributed by atoms with Crippen molar-refractivity contribution >= 4 is 100 Å². The van der Waals surface area contributed by atoms with Crippen LogP contribution in [0.1, 0.15) is 149 Å². The maximum Gasteiger partial charge on any atom is 0.252 e. The van der Waals surface area contributed by atoms with Crippen LogP contribution in [-0.2, 0) is 21.7 Å². The monoisotopic (exact) mass is 932 g/mol. The summed E-state index contributed by atoms with van der Waals surface area (Å²) in [5, 5.41) is 2.29. The standard InChI is InChI=1S/C64H68BN3S/c1-39-32-42(61(6,7)8)33-40(2)56(39)67-52-37-46(66(44-22-16-14-17-23-44)45-24-18-15-19-25-45)38-53-55(52)65(50-29-28-48-47-27-26-41(60(3,4)5)36-54(47)69-59(48)58(50)67)51-35-43(62(9,10)11)34-49-57(51)68(53)64(13)31-21-20-30-63(49,64)12/h14-19,22-29,32-38H,20-21,30-31H2,1-13H3/i14D,15D,16D,17D,18D,19D,22D,23D,24D,25D. The fourth-order valence-corrected chi connectivity index (χ4v) is 14.0. The van der Waals surface area contributed by atoms with E-state index in [-0.39, 0.29) is 39.7 Å². The number of aryl methyl sites for hydroxylation is 2. The fourth-order valence-electron chi connectivity index (χ4n) is 12.7. The normalized spacial score (nSPS) is 21.5. The van der Waals surface area contributed by atoms with Crippen LogP contribution in [0.15, 0.2) is 127 Å². The lowest BCUT2D eigenvalue weighted by atomic mass is 9.33. The number of hydrogen-bond donors (Lipinski definition) is 0. The van der Waals surface area contributed by atoms with Crippen LogP contribution in [-0.4, -0.2) is 12.3 Å². The summed E-state index contributed by atoms with van der Waals surface area (Å²) in [6, 6.07) is 19.2. The summed E-state index contributed by atoms with van der Waals surface area (Å²) in [6.45, 7) is 29.2. The van der Waals surface area contributed by atoms with Gasteiger partial charge in [-0.1, -0.05) is 167 Å². The van der Waals surface area contributed by atoms with Crippen LogP contribution in [0, 0.1) is 13.8 Å². The first-order chi connectivity index (χ1) is 36.8. The number of hydrogen-bond acceptors (Lipinski definition) is 4. The first-order valence-corrected chi connectivity index (χ1v) is 25.7. The quantitative estimate of drug-likeness (QED) is 0.163. The van der Waals surface area contributed by atoms with Gasteiger partial charge in [-0.05, 0) is 142 Å².